The van der Waals surface area contributed by atoms with Crippen molar-refractivity contribution in [3.63, 3.8) is 0 Å². The number of benzene rings is 1. The third kappa shape index (κ3) is 3.25. The maximum absolute atomic E-state index is 12.2. The monoisotopic (exact) mass is 306 g/mol. The lowest BCUT2D eigenvalue weighted by atomic mass is 10.1. The van der Waals surface area contributed by atoms with Gasteiger partial charge in [-0.25, -0.2) is 4.79 Å². The van der Waals surface area contributed by atoms with E-state index in [-0.39, 0.29) is 5.91 Å². The summed E-state index contributed by atoms with van der Waals surface area (Å²) in [5.41, 5.74) is 2.21. The number of esters is 1. The number of hydrogen-bond donors (Lipinski definition) is 1. The van der Waals surface area contributed by atoms with Crippen molar-refractivity contribution in [3.8, 4) is 0 Å². The molecule has 6 heteroatoms. The molecule has 0 aliphatic heterocycles. The van der Waals surface area contributed by atoms with Gasteiger partial charge in [0.1, 0.15) is 5.69 Å². The number of anilines is 1. The molecule has 0 saturated carbocycles. The Hall–Kier alpha value is -2.27. The van der Waals surface area contributed by atoms with Gasteiger partial charge in [0, 0.05) is 18.9 Å². The predicted octanol–water partition coefficient (Wildman–Crippen LogP) is 3.03. The number of ether oxygens (including phenoxy) is 1. The van der Waals surface area contributed by atoms with E-state index in [1.54, 1.807) is 42.1 Å². The zero-order chi connectivity index (χ0) is 15.6. The minimum absolute atomic E-state index is 0.297. The molecule has 1 aromatic carbocycles. The largest absolute Gasteiger partial charge is 0.465 e. The number of amides is 1. The number of carbonyl (C=O) groups is 2. The third-order valence-electron chi connectivity index (χ3n) is 3.11. The fraction of sp³-hybridized carbons (Fsp3) is 0.200. The second-order valence-electron chi connectivity index (χ2n) is 4.63. The van der Waals surface area contributed by atoms with Crippen molar-refractivity contribution in [2.75, 3.05) is 12.4 Å². The van der Waals surface area contributed by atoms with Crippen LogP contribution >= 0.6 is 11.6 Å². The van der Waals surface area contributed by atoms with E-state index in [2.05, 4.69) is 10.1 Å². The van der Waals surface area contributed by atoms with Gasteiger partial charge in [0.05, 0.1) is 17.7 Å². The normalized spacial score (nSPS) is 10.3. The molecule has 0 saturated heterocycles. The van der Waals surface area contributed by atoms with E-state index in [9.17, 15) is 9.59 Å². The lowest BCUT2D eigenvalue weighted by Crippen LogP contribution is -2.16. The third-order valence-corrected chi connectivity index (χ3v) is 3.32. The molecule has 0 radical (unpaired) electrons. The lowest BCUT2D eigenvalue weighted by molar-refractivity contribution is 0.0600. The topological polar surface area (TPSA) is 60.3 Å². The van der Waals surface area contributed by atoms with Crippen LogP contribution < -0.4 is 5.32 Å². The number of aryl methyl sites for hydroxylation is 2. The van der Waals surface area contributed by atoms with Gasteiger partial charge in [0.2, 0.25) is 0 Å². The number of nitrogens with zero attached hydrogens (tertiary/aromatic N) is 1. The van der Waals surface area contributed by atoms with Gasteiger partial charge in [-0.1, -0.05) is 17.7 Å². The quantitative estimate of drug-likeness (QED) is 0.887. The molecule has 0 spiro atoms. The van der Waals surface area contributed by atoms with Gasteiger partial charge >= 0.3 is 5.97 Å². The van der Waals surface area contributed by atoms with E-state index < -0.39 is 5.97 Å². The molecule has 1 aromatic heterocycles. The molecule has 2 aromatic rings. The summed E-state index contributed by atoms with van der Waals surface area (Å²) in [7, 11) is 3.05. The standard InChI is InChI=1S/C15H15ClN2O3/c1-9-4-5-10(15(20)21-3)6-12(9)17-14(19)13-7-11(16)8-18(13)2/h4-8H,1-3H3,(H,17,19). The van der Waals surface area contributed by atoms with Crippen LogP contribution in [0.2, 0.25) is 5.02 Å². The van der Waals surface area contributed by atoms with Gasteiger partial charge in [-0.15, -0.1) is 0 Å². The first kappa shape index (κ1) is 15.1. The summed E-state index contributed by atoms with van der Waals surface area (Å²) in [6, 6.07) is 6.57. The number of rotatable bonds is 3. The van der Waals surface area contributed by atoms with E-state index in [0.29, 0.717) is 22.0 Å². The van der Waals surface area contributed by atoms with Crippen molar-refractivity contribution in [1.82, 2.24) is 4.57 Å². The van der Waals surface area contributed by atoms with E-state index in [0.717, 1.165) is 5.56 Å². The van der Waals surface area contributed by atoms with Crippen LogP contribution in [0.1, 0.15) is 26.4 Å². The Morgan fingerprint density at radius 3 is 2.57 bits per heavy atom. The molecule has 2 rings (SSSR count). The number of hydrogen-bond acceptors (Lipinski definition) is 3. The molecule has 0 fully saturated rings. The van der Waals surface area contributed by atoms with Crippen LogP contribution in [-0.4, -0.2) is 23.6 Å². The highest BCUT2D eigenvalue weighted by molar-refractivity contribution is 6.31. The molecule has 1 N–H and O–H groups in total. The van der Waals surface area contributed by atoms with Crippen LogP contribution in [0.15, 0.2) is 30.5 Å². The smallest absolute Gasteiger partial charge is 0.337 e. The SMILES string of the molecule is COC(=O)c1ccc(C)c(NC(=O)c2cc(Cl)cn2C)c1. The summed E-state index contributed by atoms with van der Waals surface area (Å²) < 4.78 is 6.31. The number of carbonyl (C=O) groups excluding carboxylic acids is 2. The molecular formula is C15H15ClN2O3. The number of aromatic nitrogens is 1. The molecule has 1 amide bonds. The molecular weight excluding hydrogens is 292 g/mol. The first-order chi connectivity index (χ1) is 9.92. The Bertz CT molecular complexity index is 707. The summed E-state index contributed by atoms with van der Waals surface area (Å²) in [4.78, 5) is 23.8. The van der Waals surface area contributed by atoms with Crippen LogP contribution in [0.4, 0.5) is 5.69 Å². The van der Waals surface area contributed by atoms with Crippen LogP contribution in [0.3, 0.4) is 0 Å². The molecule has 0 aliphatic rings. The molecule has 21 heavy (non-hydrogen) atoms. The second kappa shape index (κ2) is 6.01. The first-order valence-electron chi connectivity index (χ1n) is 6.24. The minimum atomic E-state index is -0.451. The maximum Gasteiger partial charge on any atom is 0.337 e. The number of nitrogens with one attached hydrogen (secondary N) is 1. The number of methoxy groups -OCH3 is 1. The Kier molecular flexibility index (Phi) is 4.33. The van der Waals surface area contributed by atoms with Crippen LogP contribution in [0.25, 0.3) is 0 Å². The molecule has 0 unspecified atom stereocenters. The molecule has 110 valence electrons. The Labute approximate surface area is 127 Å². The van der Waals surface area contributed by atoms with E-state index in [1.165, 1.54) is 7.11 Å². The summed E-state index contributed by atoms with van der Waals surface area (Å²) >= 11 is 5.87. The minimum Gasteiger partial charge on any atom is -0.465 e. The van der Waals surface area contributed by atoms with E-state index in [1.807, 2.05) is 6.92 Å². The van der Waals surface area contributed by atoms with Crippen molar-refractivity contribution in [2.45, 2.75) is 6.92 Å². The van der Waals surface area contributed by atoms with E-state index in [4.69, 9.17) is 11.6 Å². The van der Waals surface area contributed by atoms with E-state index >= 15 is 0 Å². The predicted molar refractivity (Wildman–Crippen MR) is 80.9 cm³/mol. The summed E-state index contributed by atoms with van der Waals surface area (Å²) in [5, 5.41) is 3.26. The molecule has 1 heterocycles. The Morgan fingerprint density at radius 1 is 1.29 bits per heavy atom. The fourth-order valence-electron chi connectivity index (χ4n) is 1.94. The van der Waals surface area contributed by atoms with Crippen molar-refractivity contribution in [1.29, 1.82) is 0 Å². The number of halogens is 1. The van der Waals surface area contributed by atoms with Crippen molar-refractivity contribution < 1.29 is 14.3 Å². The first-order valence-corrected chi connectivity index (χ1v) is 6.62. The summed E-state index contributed by atoms with van der Waals surface area (Å²) in [6.07, 6.45) is 1.65. The molecule has 0 aliphatic carbocycles. The van der Waals surface area contributed by atoms with Crippen LogP contribution in [-0.2, 0) is 11.8 Å². The Morgan fingerprint density at radius 2 is 2.00 bits per heavy atom. The molecule has 5 nitrogen and oxygen atoms in total. The van der Waals surface area contributed by atoms with Gasteiger partial charge in [0.15, 0.2) is 0 Å². The lowest BCUT2D eigenvalue weighted by Gasteiger charge is -2.10. The second-order valence-corrected chi connectivity index (χ2v) is 5.07. The van der Waals surface area contributed by atoms with Gasteiger partial charge in [-0.05, 0) is 30.7 Å². The average molecular weight is 307 g/mol. The van der Waals surface area contributed by atoms with Gasteiger partial charge in [0.25, 0.3) is 5.91 Å². The highest BCUT2D eigenvalue weighted by atomic mass is 35.5. The highest BCUT2D eigenvalue weighted by Crippen LogP contribution is 2.20. The molecule has 0 atom stereocenters. The molecule has 0 bridgehead atoms. The van der Waals surface area contributed by atoms with Gasteiger partial charge in [-0.3, -0.25) is 4.79 Å². The maximum atomic E-state index is 12.2. The van der Waals surface area contributed by atoms with Gasteiger partial charge < -0.3 is 14.6 Å². The van der Waals surface area contributed by atoms with Gasteiger partial charge in [-0.2, -0.15) is 0 Å². The fourth-order valence-corrected chi connectivity index (χ4v) is 2.19. The average Bonchev–Trinajstić information content (AvgIpc) is 2.79. The summed E-state index contributed by atoms with van der Waals surface area (Å²) in [5.74, 6) is -0.748. The highest BCUT2D eigenvalue weighted by Gasteiger charge is 2.14. The zero-order valence-electron chi connectivity index (χ0n) is 11.9. The van der Waals surface area contributed by atoms with Crippen molar-refractivity contribution in [2.24, 2.45) is 7.05 Å². The zero-order valence-corrected chi connectivity index (χ0v) is 12.7. The van der Waals surface area contributed by atoms with Crippen molar-refractivity contribution >= 4 is 29.2 Å². The Balaban J connectivity index is 2.28. The van der Waals surface area contributed by atoms with Crippen LogP contribution in [0.5, 0.6) is 0 Å². The summed E-state index contributed by atoms with van der Waals surface area (Å²) in [6.45, 7) is 1.84. The van der Waals surface area contributed by atoms with Crippen molar-refractivity contribution in [3.05, 3.63) is 52.3 Å². The van der Waals surface area contributed by atoms with Crippen LogP contribution in [0, 0.1) is 6.92 Å².